The molecule has 2 aromatic rings. The summed E-state index contributed by atoms with van der Waals surface area (Å²) in [4.78, 5) is 13.5. The van der Waals surface area contributed by atoms with Crippen molar-refractivity contribution in [1.29, 1.82) is 0 Å². The van der Waals surface area contributed by atoms with E-state index in [-0.39, 0.29) is 5.78 Å². The van der Waals surface area contributed by atoms with Crippen LogP contribution in [0.25, 0.3) is 6.08 Å². The highest BCUT2D eigenvalue weighted by Crippen LogP contribution is 2.33. The Morgan fingerprint density at radius 3 is 1.85 bits per heavy atom. The zero-order valence-electron chi connectivity index (χ0n) is 25.1. The molecule has 0 spiro atoms. The molecule has 0 unspecified atom stereocenters. The van der Waals surface area contributed by atoms with E-state index >= 15 is 0 Å². The van der Waals surface area contributed by atoms with Gasteiger partial charge in [-0.2, -0.15) is 0 Å². The largest absolute Gasteiger partial charge is 0.493 e. The third-order valence-electron chi connectivity index (χ3n) is 6.90. The number of ketones is 1. The summed E-state index contributed by atoms with van der Waals surface area (Å²) in [6, 6.07) is 11.9. The first-order valence-corrected chi connectivity index (χ1v) is 15.5. The second-order valence-corrected chi connectivity index (χ2v) is 10.3. The smallest absolute Gasteiger partial charge is 0.189 e. The lowest BCUT2D eigenvalue weighted by Gasteiger charge is -2.16. The molecule has 0 fully saturated rings. The van der Waals surface area contributed by atoms with Crippen LogP contribution in [0.1, 0.15) is 126 Å². The van der Waals surface area contributed by atoms with Gasteiger partial charge in [-0.1, -0.05) is 97.6 Å². The second-order valence-electron chi connectivity index (χ2n) is 10.3. The second kappa shape index (κ2) is 20.2. The molecule has 0 aromatic heterocycles. The SMILES string of the molecule is CCCCCCOc1ccc(CC)cc1C=CC(=O)c1cccc(OCCCCCC)c1OCCCCCC. The van der Waals surface area contributed by atoms with Crippen LogP contribution in [0, 0.1) is 0 Å². The Bertz CT molecular complexity index is 979. The number of carbonyl (C=O) groups excluding carboxylic acids is 1. The van der Waals surface area contributed by atoms with Crippen molar-refractivity contribution in [3.63, 3.8) is 0 Å². The number of rotatable bonds is 22. The Hall–Kier alpha value is -2.75. The van der Waals surface area contributed by atoms with Gasteiger partial charge in [-0.05, 0) is 67.7 Å². The van der Waals surface area contributed by atoms with Gasteiger partial charge in [0, 0.05) is 5.56 Å². The zero-order valence-corrected chi connectivity index (χ0v) is 25.1. The molecule has 0 aliphatic carbocycles. The summed E-state index contributed by atoms with van der Waals surface area (Å²) < 4.78 is 18.4. The first kappa shape index (κ1) is 32.5. The number of ether oxygens (including phenoxy) is 3. The highest BCUT2D eigenvalue weighted by atomic mass is 16.5. The summed E-state index contributed by atoms with van der Waals surface area (Å²) in [7, 11) is 0. The van der Waals surface area contributed by atoms with Crippen LogP contribution in [-0.4, -0.2) is 25.6 Å². The molecule has 2 aromatic carbocycles. The van der Waals surface area contributed by atoms with Crippen molar-refractivity contribution in [2.75, 3.05) is 19.8 Å². The third-order valence-corrected chi connectivity index (χ3v) is 6.90. The van der Waals surface area contributed by atoms with E-state index in [4.69, 9.17) is 14.2 Å². The number of para-hydroxylation sites is 1. The average molecular weight is 537 g/mol. The van der Waals surface area contributed by atoms with Crippen LogP contribution in [-0.2, 0) is 6.42 Å². The lowest BCUT2D eigenvalue weighted by molar-refractivity contribution is 0.104. The molecule has 0 heterocycles. The summed E-state index contributed by atoms with van der Waals surface area (Å²) in [5, 5.41) is 0. The summed E-state index contributed by atoms with van der Waals surface area (Å²) >= 11 is 0. The maximum absolute atomic E-state index is 13.5. The van der Waals surface area contributed by atoms with E-state index in [2.05, 4.69) is 39.8 Å². The van der Waals surface area contributed by atoms with Crippen LogP contribution >= 0.6 is 0 Å². The summed E-state index contributed by atoms with van der Waals surface area (Å²) in [5.41, 5.74) is 2.69. The highest BCUT2D eigenvalue weighted by molar-refractivity contribution is 6.09. The fourth-order valence-electron chi connectivity index (χ4n) is 4.43. The van der Waals surface area contributed by atoms with Crippen molar-refractivity contribution in [3.05, 3.63) is 59.2 Å². The fourth-order valence-corrected chi connectivity index (χ4v) is 4.43. The van der Waals surface area contributed by atoms with Crippen molar-refractivity contribution in [2.24, 2.45) is 0 Å². The van der Waals surface area contributed by atoms with Gasteiger partial charge in [-0.3, -0.25) is 4.79 Å². The number of hydrogen-bond donors (Lipinski definition) is 0. The van der Waals surface area contributed by atoms with Crippen LogP contribution in [0.4, 0.5) is 0 Å². The van der Waals surface area contributed by atoms with Crippen molar-refractivity contribution in [3.8, 4) is 17.2 Å². The van der Waals surface area contributed by atoms with Crippen LogP contribution in [0.2, 0.25) is 0 Å². The van der Waals surface area contributed by atoms with Crippen LogP contribution in [0.15, 0.2) is 42.5 Å². The molecule has 0 aliphatic heterocycles. The Morgan fingerprint density at radius 2 is 1.26 bits per heavy atom. The molecule has 0 N–H and O–H groups in total. The van der Waals surface area contributed by atoms with Gasteiger partial charge in [0.15, 0.2) is 17.3 Å². The maximum Gasteiger partial charge on any atom is 0.189 e. The number of allylic oxidation sites excluding steroid dienone is 1. The summed E-state index contributed by atoms with van der Waals surface area (Å²) in [6.45, 7) is 10.6. The van der Waals surface area contributed by atoms with Crippen molar-refractivity contribution in [1.82, 2.24) is 0 Å². The summed E-state index contributed by atoms with van der Waals surface area (Å²) in [6.07, 6.45) is 18.1. The molecule has 0 saturated heterocycles. The molecule has 2 rings (SSSR count). The van der Waals surface area contributed by atoms with Gasteiger partial charge in [0.05, 0.1) is 25.4 Å². The molecule has 0 bridgehead atoms. The van der Waals surface area contributed by atoms with Gasteiger partial charge in [-0.25, -0.2) is 0 Å². The molecule has 0 amide bonds. The standard InChI is InChI=1S/C35H52O4/c1-5-9-12-15-25-37-33-24-21-29(8-4)28-30(33)22-23-32(36)31-19-18-20-34(38-26-16-13-10-6-2)35(31)39-27-17-14-11-7-3/h18-24,28H,5-17,25-27H2,1-4H3. The van der Waals surface area contributed by atoms with Crippen LogP contribution < -0.4 is 14.2 Å². The van der Waals surface area contributed by atoms with E-state index in [1.807, 2.05) is 30.3 Å². The topological polar surface area (TPSA) is 44.8 Å². The molecule has 0 atom stereocenters. The number of unbranched alkanes of at least 4 members (excludes halogenated alkanes) is 9. The number of benzene rings is 2. The molecule has 39 heavy (non-hydrogen) atoms. The van der Waals surface area contributed by atoms with Crippen molar-refractivity contribution in [2.45, 2.75) is 111 Å². The van der Waals surface area contributed by atoms with Gasteiger partial charge in [0.1, 0.15) is 5.75 Å². The minimum absolute atomic E-state index is 0.0919. The minimum atomic E-state index is -0.0919. The van der Waals surface area contributed by atoms with Gasteiger partial charge < -0.3 is 14.2 Å². The van der Waals surface area contributed by atoms with Crippen molar-refractivity contribution >= 4 is 11.9 Å². The normalized spacial score (nSPS) is 11.2. The zero-order chi connectivity index (χ0) is 28.1. The molecule has 216 valence electrons. The van der Waals surface area contributed by atoms with E-state index in [0.717, 1.165) is 49.8 Å². The predicted octanol–water partition coefficient (Wildman–Crippen LogP) is 10.0. The molecular weight excluding hydrogens is 484 g/mol. The van der Waals surface area contributed by atoms with Crippen LogP contribution in [0.5, 0.6) is 17.2 Å². The molecule has 4 nitrogen and oxygen atoms in total. The van der Waals surface area contributed by atoms with E-state index in [1.165, 1.54) is 50.5 Å². The third kappa shape index (κ3) is 12.3. The van der Waals surface area contributed by atoms with E-state index in [1.54, 1.807) is 6.08 Å². The van der Waals surface area contributed by atoms with Gasteiger partial charge in [-0.15, -0.1) is 0 Å². The molecule has 4 heteroatoms. The van der Waals surface area contributed by atoms with Gasteiger partial charge in [0.2, 0.25) is 0 Å². The van der Waals surface area contributed by atoms with E-state index in [9.17, 15) is 4.79 Å². The quantitative estimate of drug-likeness (QED) is 0.0853. The number of hydrogen-bond acceptors (Lipinski definition) is 4. The first-order chi connectivity index (χ1) is 19.1. The molecule has 0 radical (unpaired) electrons. The molecular formula is C35H52O4. The lowest BCUT2D eigenvalue weighted by Crippen LogP contribution is -2.07. The Kier molecular flexibility index (Phi) is 16.8. The Labute approximate surface area is 238 Å². The van der Waals surface area contributed by atoms with E-state index < -0.39 is 0 Å². The Balaban J connectivity index is 2.21. The minimum Gasteiger partial charge on any atom is -0.493 e. The monoisotopic (exact) mass is 536 g/mol. The van der Waals surface area contributed by atoms with Crippen molar-refractivity contribution < 1.29 is 19.0 Å². The van der Waals surface area contributed by atoms with Crippen LogP contribution in [0.3, 0.4) is 0 Å². The first-order valence-electron chi connectivity index (χ1n) is 15.5. The fraction of sp³-hybridized carbons (Fsp3) is 0.571. The average Bonchev–Trinajstić information content (AvgIpc) is 2.96. The number of carbonyl (C=O) groups is 1. The molecule has 0 saturated carbocycles. The predicted molar refractivity (Wildman–Crippen MR) is 165 cm³/mol. The molecule has 0 aliphatic rings. The maximum atomic E-state index is 13.5. The number of aryl methyl sites for hydroxylation is 1. The van der Waals surface area contributed by atoms with Gasteiger partial charge in [0.25, 0.3) is 0 Å². The highest BCUT2D eigenvalue weighted by Gasteiger charge is 2.16. The van der Waals surface area contributed by atoms with Gasteiger partial charge >= 0.3 is 0 Å². The lowest BCUT2D eigenvalue weighted by atomic mass is 10.0. The Morgan fingerprint density at radius 1 is 0.667 bits per heavy atom. The summed E-state index contributed by atoms with van der Waals surface area (Å²) in [5.74, 6) is 1.95. The van der Waals surface area contributed by atoms with E-state index in [0.29, 0.717) is 36.9 Å².